The molecule has 4 heteroatoms. The zero-order valence-electron chi connectivity index (χ0n) is 7.61. The zero-order valence-corrected chi connectivity index (χ0v) is 10.2. The fourth-order valence-corrected chi connectivity index (χ4v) is 3.14. The van der Waals surface area contributed by atoms with Crippen LogP contribution in [-0.2, 0) is 17.1 Å². The maximum Gasteiger partial charge on any atom is 0.134 e. The molecule has 3 rings (SSSR count). The summed E-state index contributed by atoms with van der Waals surface area (Å²) in [6.07, 6.45) is 0. The zero-order chi connectivity index (χ0) is 9.38. The Hall–Kier alpha value is -0.671. The van der Waals surface area contributed by atoms with Crippen molar-refractivity contribution in [1.82, 2.24) is 4.98 Å². The molecule has 1 aromatic carbocycles. The van der Waals surface area contributed by atoms with Crippen LogP contribution < -0.4 is 0 Å². The largest absolute Gasteiger partial charge is 0.235 e. The number of hydrogen-bond acceptors (Lipinski definition) is 3. The van der Waals surface area contributed by atoms with Gasteiger partial charge in [0.25, 0.3) is 0 Å². The molecule has 0 bridgehead atoms. The molecule has 2 aromatic heterocycles. The van der Waals surface area contributed by atoms with Gasteiger partial charge >= 0.3 is 0 Å². The van der Waals surface area contributed by atoms with E-state index in [9.17, 15) is 0 Å². The molecule has 1 radical (unpaired) electrons. The standard InChI is InChI=1S/C11H7NS2.Cu/c1-2-5-9-8(4-1)12-11(14-9)10-6-3-7-13-10;/h1-7H;. The second-order valence-electron chi connectivity index (χ2n) is 2.96. The number of thiophene rings is 1. The van der Waals surface area contributed by atoms with Crippen LogP contribution >= 0.6 is 22.7 Å². The number of fused-ring (bicyclic) bond motifs is 1. The van der Waals surface area contributed by atoms with Crippen molar-refractivity contribution in [3.05, 3.63) is 41.8 Å². The van der Waals surface area contributed by atoms with E-state index >= 15 is 0 Å². The van der Waals surface area contributed by atoms with Gasteiger partial charge in [0.2, 0.25) is 0 Å². The molecule has 0 saturated heterocycles. The van der Waals surface area contributed by atoms with Gasteiger partial charge < -0.3 is 0 Å². The second kappa shape index (κ2) is 4.45. The third-order valence-electron chi connectivity index (χ3n) is 2.03. The molecule has 0 saturated carbocycles. The first kappa shape index (κ1) is 10.8. The van der Waals surface area contributed by atoms with Crippen LogP contribution in [0.15, 0.2) is 41.8 Å². The van der Waals surface area contributed by atoms with Crippen molar-refractivity contribution in [3.8, 4) is 9.88 Å². The Morgan fingerprint density at radius 3 is 2.60 bits per heavy atom. The Labute approximate surface area is 106 Å². The van der Waals surface area contributed by atoms with Gasteiger partial charge in [0.15, 0.2) is 0 Å². The molecule has 0 N–H and O–H groups in total. The summed E-state index contributed by atoms with van der Waals surface area (Å²) < 4.78 is 1.26. The van der Waals surface area contributed by atoms with Crippen LogP contribution in [0, 0.1) is 0 Å². The number of rotatable bonds is 1. The van der Waals surface area contributed by atoms with E-state index in [1.165, 1.54) is 9.58 Å². The van der Waals surface area contributed by atoms with Gasteiger partial charge in [0, 0.05) is 17.1 Å². The molecule has 0 spiro atoms. The minimum Gasteiger partial charge on any atom is -0.235 e. The number of para-hydroxylation sites is 1. The molecular formula is C11H7CuNS2. The van der Waals surface area contributed by atoms with Gasteiger partial charge in [-0.2, -0.15) is 0 Å². The van der Waals surface area contributed by atoms with Gasteiger partial charge in [-0.1, -0.05) is 18.2 Å². The van der Waals surface area contributed by atoms with Crippen LogP contribution in [0.25, 0.3) is 20.1 Å². The summed E-state index contributed by atoms with van der Waals surface area (Å²) in [7, 11) is 0. The van der Waals surface area contributed by atoms with Crippen molar-refractivity contribution in [2.45, 2.75) is 0 Å². The Bertz CT molecular complexity index is 524. The first-order chi connectivity index (χ1) is 6.93. The summed E-state index contributed by atoms with van der Waals surface area (Å²) in [6.45, 7) is 0. The van der Waals surface area contributed by atoms with Crippen LogP contribution in [0.3, 0.4) is 0 Å². The number of benzene rings is 1. The fourth-order valence-electron chi connectivity index (χ4n) is 1.38. The Morgan fingerprint density at radius 1 is 1.00 bits per heavy atom. The summed E-state index contributed by atoms with van der Waals surface area (Å²) in [6, 6.07) is 12.4. The third kappa shape index (κ3) is 1.99. The number of thiazole rings is 1. The summed E-state index contributed by atoms with van der Waals surface area (Å²) in [5.74, 6) is 0. The van der Waals surface area contributed by atoms with Crippen molar-refractivity contribution in [2.75, 3.05) is 0 Å². The molecule has 0 aliphatic carbocycles. The molecule has 0 fully saturated rings. The molecule has 2 heterocycles. The van der Waals surface area contributed by atoms with Gasteiger partial charge in [-0.25, -0.2) is 4.98 Å². The van der Waals surface area contributed by atoms with Crippen LogP contribution in [-0.4, -0.2) is 4.98 Å². The molecule has 15 heavy (non-hydrogen) atoms. The van der Waals surface area contributed by atoms with E-state index < -0.39 is 0 Å². The summed E-state index contributed by atoms with van der Waals surface area (Å²) in [5, 5.41) is 3.21. The summed E-state index contributed by atoms with van der Waals surface area (Å²) in [5.41, 5.74) is 1.10. The molecule has 0 amide bonds. The maximum atomic E-state index is 4.58. The van der Waals surface area contributed by atoms with E-state index in [0.29, 0.717) is 0 Å². The molecule has 0 atom stereocenters. The number of aromatic nitrogens is 1. The van der Waals surface area contributed by atoms with Crippen LogP contribution in [0.4, 0.5) is 0 Å². The predicted molar refractivity (Wildman–Crippen MR) is 62.9 cm³/mol. The Balaban J connectivity index is 0.000000853. The van der Waals surface area contributed by atoms with Crippen LogP contribution in [0.2, 0.25) is 0 Å². The number of nitrogens with zero attached hydrogens (tertiary/aromatic N) is 1. The SMILES string of the molecule is [Cu].c1csc(-c2nc3ccccc3s2)c1. The molecule has 3 aromatic rings. The number of hydrogen-bond donors (Lipinski definition) is 0. The van der Waals surface area contributed by atoms with E-state index in [1.54, 1.807) is 22.7 Å². The average Bonchev–Trinajstić information content (AvgIpc) is 2.86. The van der Waals surface area contributed by atoms with E-state index in [-0.39, 0.29) is 17.1 Å². The van der Waals surface area contributed by atoms with Crippen molar-refractivity contribution in [3.63, 3.8) is 0 Å². The molecule has 79 valence electrons. The molecular weight excluding hydrogens is 274 g/mol. The van der Waals surface area contributed by atoms with Crippen LogP contribution in [0.1, 0.15) is 0 Å². The quantitative estimate of drug-likeness (QED) is 0.614. The predicted octanol–water partition coefficient (Wildman–Crippen LogP) is 4.02. The van der Waals surface area contributed by atoms with Crippen LogP contribution in [0.5, 0.6) is 0 Å². The Kier molecular flexibility index (Phi) is 3.22. The molecule has 1 nitrogen and oxygen atoms in total. The third-order valence-corrected chi connectivity index (χ3v) is 4.10. The maximum absolute atomic E-state index is 4.58. The monoisotopic (exact) mass is 280 g/mol. The topological polar surface area (TPSA) is 12.9 Å². The average molecular weight is 281 g/mol. The summed E-state index contributed by atoms with van der Waals surface area (Å²) in [4.78, 5) is 5.84. The van der Waals surface area contributed by atoms with E-state index in [2.05, 4.69) is 40.7 Å². The van der Waals surface area contributed by atoms with E-state index in [1.807, 2.05) is 6.07 Å². The Morgan fingerprint density at radius 2 is 1.87 bits per heavy atom. The van der Waals surface area contributed by atoms with Crippen molar-refractivity contribution in [2.24, 2.45) is 0 Å². The molecule has 0 unspecified atom stereocenters. The minimum absolute atomic E-state index is 0. The van der Waals surface area contributed by atoms with Gasteiger partial charge in [-0.15, -0.1) is 22.7 Å². The molecule has 0 aliphatic rings. The minimum atomic E-state index is 0. The van der Waals surface area contributed by atoms with Gasteiger partial charge in [-0.3, -0.25) is 0 Å². The summed E-state index contributed by atoms with van der Waals surface area (Å²) >= 11 is 3.49. The fraction of sp³-hybridized carbons (Fsp3) is 0. The molecule has 0 aliphatic heterocycles. The normalized spacial score (nSPS) is 10.1. The van der Waals surface area contributed by atoms with Gasteiger partial charge in [-0.05, 0) is 23.6 Å². The van der Waals surface area contributed by atoms with Gasteiger partial charge in [0.1, 0.15) is 5.01 Å². The second-order valence-corrected chi connectivity index (χ2v) is 4.94. The first-order valence-corrected chi connectivity index (χ1v) is 6.02. The van der Waals surface area contributed by atoms with Crippen molar-refractivity contribution >= 4 is 32.9 Å². The van der Waals surface area contributed by atoms with Gasteiger partial charge in [0.05, 0.1) is 15.1 Å². The van der Waals surface area contributed by atoms with Crippen molar-refractivity contribution < 1.29 is 17.1 Å². The van der Waals surface area contributed by atoms with E-state index in [0.717, 1.165) is 10.5 Å². The first-order valence-electron chi connectivity index (χ1n) is 4.33. The van der Waals surface area contributed by atoms with E-state index in [4.69, 9.17) is 0 Å². The van der Waals surface area contributed by atoms with Crippen molar-refractivity contribution in [1.29, 1.82) is 0 Å². The smallest absolute Gasteiger partial charge is 0.134 e.